The molecule has 1 aliphatic carbocycles. The highest BCUT2D eigenvalue weighted by Crippen LogP contribution is 2.30. The lowest BCUT2D eigenvalue weighted by atomic mass is 9.92. The fraction of sp³-hybridized carbons (Fsp3) is 0.588. The van der Waals surface area contributed by atoms with Gasteiger partial charge in [-0.1, -0.05) is 24.4 Å². The smallest absolute Gasteiger partial charge is 0.242 e. The fourth-order valence-corrected chi connectivity index (χ4v) is 3.67. The maximum atomic E-state index is 12.6. The second-order valence-electron chi connectivity index (χ2n) is 6.78. The normalized spacial score (nSPS) is 19.2. The third-order valence-electron chi connectivity index (χ3n) is 5.05. The number of hydrogen-bond acceptors (Lipinski definition) is 4. The molecule has 1 saturated carbocycles. The van der Waals surface area contributed by atoms with Gasteiger partial charge in [0.1, 0.15) is 5.82 Å². The van der Waals surface area contributed by atoms with Crippen LogP contribution in [-0.2, 0) is 9.59 Å². The van der Waals surface area contributed by atoms with Gasteiger partial charge in [0.05, 0.1) is 10.6 Å². The van der Waals surface area contributed by atoms with Crippen LogP contribution in [0.15, 0.2) is 18.3 Å². The molecule has 2 amide bonds. The average Bonchev–Trinajstić information content (AvgIpc) is 3.04. The van der Waals surface area contributed by atoms with Crippen LogP contribution < -0.4 is 11.1 Å². The molecule has 2 aliphatic rings. The van der Waals surface area contributed by atoms with Crippen molar-refractivity contribution < 1.29 is 9.59 Å². The number of likely N-dealkylation sites (tertiary alicyclic amines) is 1. The lowest BCUT2D eigenvalue weighted by Crippen LogP contribution is -2.55. The van der Waals surface area contributed by atoms with Crippen LogP contribution in [0, 0.1) is 5.92 Å². The molecule has 1 aliphatic heterocycles. The molecule has 1 aromatic heterocycles. The van der Waals surface area contributed by atoms with Crippen LogP contribution in [0.5, 0.6) is 0 Å². The summed E-state index contributed by atoms with van der Waals surface area (Å²) < 4.78 is 0. The van der Waals surface area contributed by atoms with Crippen molar-refractivity contribution in [1.82, 2.24) is 9.88 Å². The Labute approximate surface area is 171 Å². The Bertz CT molecular complexity index is 613. The summed E-state index contributed by atoms with van der Waals surface area (Å²) in [5, 5.41) is 3.34. The van der Waals surface area contributed by atoms with Crippen LogP contribution in [0.1, 0.15) is 38.5 Å². The van der Waals surface area contributed by atoms with Crippen molar-refractivity contribution in [1.29, 1.82) is 0 Å². The van der Waals surface area contributed by atoms with E-state index in [0.29, 0.717) is 36.8 Å². The number of carbonyl (C=O) groups excluding carboxylic acids is 2. The summed E-state index contributed by atoms with van der Waals surface area (Å²) in [7, 11) is 0. The lowest BCUT2D eigenvalue weighted by Gasteiger charge is -2.36. The zero-order valence-electron chi connectivity index (χ0n) is 14.4. The van der Waals surface area contributed by atoms with Crippen molar-refractivity contribution in [2.24, 2.45) is 11.7 Å². The van der Waals surface area contributed by atoms with E-state index >= 15 is 0 Å². The Kier molecular flexibility index (Phi) is 8.60. The number of nitrogens with zero attached hydrogens (tertiary/aromatic N) is 2. The molecule has 0 aromatic carbocycles. The third kappa shape index (κ3) is 5.22. The standard InChI is InChI=1S/C17H23ClN4O2.2ClH/c18-13-3-4-14(20-11-13)21-15(23)12-5-9-22(10-6-12)16(24)17(19)7-1-2-8-17;;/h3-4,11-12H,1-2,5-10,19H2,(H,20,21,23);2*1H. The molecule has 0 radical (unpaired) electrons. The van der Waals surface area contributed by atoms with E-state index in [1.807, 2.05) is 4.90 Å². The van der Waals surface area contributed by atoms with Gasteiger partial charge in [-0.05, 0) is 37.8 Å². The molecule has 3 rings (SSSR count). The van der Waals surface area contributed by atoms with Crippen LogP contribution in [0.4, 0.5) is 5.82 Å². The lowest BCUT2D eigenvalue weighted by molar-refractivity contribution is -0.139. The zero-order valence-corrected chi connectivity index (χ0v) is 16.8. The molecule has 0 bridgehead atoms. The Balaban J connectivity index is 0.00000169. The van der Waals surface area contributed by atoms with Crippen molar-refractivity contribution >= 4 is 54.0 Å². The Morgan fingerprint density at radius 3 is 2.35 bits per heavy atom. The molecular formula is C17H25Cl3N4O2. The molecule has 26 heavy (non-hydrogen) atoms. The number of pyridine rings is 1. The van der Waals surface area contributed by atoms with Crippen molar-refractivity contribution in [2.45, 2.75) is 44.1 Å². The topological polar surface area (TPSA) is 88.3 Å². The van der Waals surface area contributed by atoms with E-state index in [0.717, 1.165) is 25.7 Å². The summed E-state index contributed by atoms with van der Waals surface area (Å²) in [6, 6.07) is 3.37. The molecule has 0 spiro atoms. The number of aromatic nitrogens is 1. The molecule has 0 atom stereocenters. The summed E-state index contributed by atoms with van der Waals surface area (Å²) in [5.41, 5.74) is 5.57. The highest BCUT2D eigenvalue weighted by Gasteiger charge is 2.41. The van der Waals surface area contributed by atoms with Crippen LogP contribution in [0.25, 0.3) is 0 Å². The first-order valence-electron chi connectivity index (χ1n) is 8.49. The molecule has 6 nitrogen and oxygen atoms in total. The Morgan fingerprint density at radius 2 is 1.81 bits per heavy atom. The first kappa shape index (κ1) is 23.0. The zero-order chi connectivity index (χ0) is 17.2. The van der Waals surface area contributed by atoms with Crippen LogP contribution in [-0.4, -0.2) is 40.3 Å². The highest BCUT2D eigenvalue weighted by molar-refractivity contribution is 6.30. The summed E-state index contributed by atoms with van der Waals surface area (Å²) >= 11 is 5.78. The minimum Gasteiger partial charge on any atom is -0.341 e. The van der Waals surface area contributed by atoms with E-state index in [4.69, 9.17) is 17.3 Å². The van der Waals surface area contributed by atoms with Gasteiger partial charge in [-0.25, -0.2) is 4.98 Å². The Morgan fingerprint density at radius 1 is 1.19 bits per heavy atom. The minimum atomic E-state index is -0.678. The van der Waals surface area contributed by atoms with E-state index in [9.17, 15) is 9.59 Å². The maximum absolute atomic E-state index is 12.6. The predicted molar refractivity (Wildman–Crippen MR) is 107 cm³/mol. The second kappa shape index (κ2) is 9.74. The maximum Gasteiger partial charge on any atom is 0.242 e. The van der Waals surface area contributed by atoms with Crippen molar-refractivity contribution in [3.8, 4) is 0 Å². The van der Waals surface area contributed by atoms with E-state index < -0.39 is 5.54 Å². The largest absolute Gasteiger partial charge is 0.341 e. The fourth-order valence-electron chi connectivity index (χ4n) is 3.56. The number of piperidine rings is 1. The molecule has 1 saturated heterocycles. The van der Waals surface area contributed by atoms with Crippen LogP contribution in [0.2, 0.25) is 5.02 Å². The van der Waals surface area contributed by atoms with Crippen molar-refractivity contribution in [3.05, 3.63) is 23.4 Å². The number of nitrogens with two attached hydrogens (primary N) is 1. The molecule has 2 fully saturated rings. The van der Waals surface area contributed by atoms with E-state index in [2.05, 4.69) is 10.3 Å². The monoisotopic (exact) mass is 422 g/mol. The SMILES string of the molecule is Cl.Cl.NC1(C(=O)N2CCC(C(=O)Nc3ccc(Cl)cn3)CC2)CCCC1. The van der Waals surface area contributed by atoms with Gasteiger partial charge in [-0.2, -0.15) is 0 Å². The Hall–Kier alpha value is -1.08. The van der Waals surface area contributed by atoms with Crippen molar-refractivity contribution in [2.75, 3.05) is 18.4 Å². The van der Waals surface area contributed by atoms with Gasteiger partial charge in [-0.3, -0.25) is 9.59 Å². The van der Waals surface area contributed by atoms with Gasteiger partial charge in [-0.15, -0.1) is 24.8 Å². The molecule has 0 unspecified atom stereocenters. The van der Waals surface area contributed by atoms with Gasteiger partial charge < -0.3 is 16.0 Å². The molecule has 9 heteroatoms. The third-order valence-corrected chi connectivity index (χ3v) is 5.28. The number of carbonyl (C=O) groups is 2. The van der Waals surface area contributed by atoms with Crippen molar-refractivity contribution in [3.63, 3.8) is 0 Å². The molecule has 1 aromatic rings. The van der Waals surface area contributed by atoms with E-state index in [1.54, 1.807) is 12.1 Å². The van der Waals surface area contributed by atoms with Gasteiger partial charge in [0.2, 0.25) is 11.8 Å². The summed E-state index contributed by atoms with van der Waals surface area (Å²) in [5.74, 6) is 0.386. The number of anilines is 1. The number of nitrogens with one attached hydrogen (secondary N) is 1. The highest BCUT2D eigenvalue weighted by atomic mass is 35.5. The number of halogens is 3. The first-order valence-corrected chi connectivity index (χ1v) is 8.86. The molecule has 3 N–H and O–H groups in total. The molecule has 2 heterocycles. The molecule has 146 valence electrons. The van der Waals surface area contributed by atoms with E-state index in [1.165, 1.54) is 6.20 Å². The summed E-state index contributed by atoms with van der Waals surface area (Å²) in [6.45, 7) is 1.17. The van der Waals surface area contributed by atoms with Gasteiger partial charge in [0, 0.05) is 25.2 Å². The van der Waals surface area contributed by atoms with E-state index in [-0.39, 0.29) is 42.5 Å². The minimum absolute atomic E-state index is 0. The molecular weight excluding hydrogens is 399 g/mol. The van der Waals surface area contributed by atoms with Gasteiger partial charge in [0.15, 0.2) is 0 Å². The van der Waals surface area contributed by atoms with Crippen LogP contribution in [0.3, 0.4) is 0 Å². The number of rotatable bonds is 3. The predicted octanol–water partition coefficient (Wildman–Crippen LogP) is 3.03. The summed E-state index contributed by atoms with van der Waals surface area (Å²) in [6.07, 6.45) is 6.40. The van der Waals surface area contributed by atoms with Gasteiger partial charge >= 0.3 is 0 Å². The van der Waals surface area contributed by atoms with Gasteiger partial charge in [0.25, 0.3) is 0 Å². The first-order chi connectivity index (χ1) is 11.5. The quantitative estimate of drug-likeness (QED) is 0.782. The second-order valence-corrected chi connectivity index (χ2v) is 7.22. The number of amides is 2. The van der Waals surface area contributed by atoms with Crippen LogP contribution >= 0.6 is 36.4 Å². The number of hydrogen-bond donors (Lipinski definition) is 2. The average molecular weight is 424 g/mol. The summed E-state index contributed by atoms with van der Waals surface area (Å²) in [4.78, 5) is 30.8.